The van der Waals surface area contributed by atoms with Crippen LogP contribution in [0.1, 0.15) is 27.7 Å². The Kier molecular flexibility index (Phi) is 8.40. The standard InChI is InChI=1S/C16H23N5O.2ClH/c1-5-21-10-18-20-14(21)11-7-6-8-12(9-11)19-15(22)13(17)16(2,3)4;;/h6-10,13H,5,17H2,1-4H3,(H,19,22);2*1H/t13-;;/m1../s1. The zero-order valence-corrected chi connectivity index (χ0v) is 15.9. The molecule has 0 bridgehead atoms. The molecule has 0 fully saturated rings. The van der Waals surface area contributed by atoms with Gasteiger partial charge in [-0.25, -0.2) is 0 Å². The summed E-state index contributed by atoms with van der Waals surface area (Å²) in [6, 6.07) is 6.96. The van der Waals surface area contributed by atoms with Crippen molar-refractivity contribution in [3.63, 3.8) is 0 Å². The lowest BCUT2D eigenvalue weighted by Crippen LogP contribution is -2.45. The number of nitrogens with one attached hydrogen (secondary N) is 1. The average molecular weight is 374 g/mol. The normalized spacial score (nSPS) is 11.9. The highest BCUT2D eigenvalue weighted by Gasteiger charge is 2.27. The summed E-state index contributed by atoms with van der Waals surface area (Å²) in [4.78, 5) is 12.2. The van der Waals surface area contributed by atoms with E-state index < -0.39 is 6.04 Å². The lowest BCUT2D eigenvalue weighted by atomic mass is 9.87. The van der Waals surface area contributed by atoms with Crippen molar-refractivity contribution >= 4 is 36.4 Å². The van der Waals surface area contributed by atoms with Crippen LogP contribution in [-0.2, 0) is 11.3 Å². The van der Waals surface area contributed by atoms with Crippen LogP contribution in [0.3, 0.4) is 0 Å². The lowest BCUT2D eigenvalue weighted by molar-refractivity contribution is -0.119. The van der Waals surface area contributed by atoms with Crippen molar-refractivity contribution in [2.75, 3.05) is 5.32 Å². The molecule has 0 unspecified atom stereocenters. The minimum absolute atomic E-state index is 0. The summed E-state index contributed by atoms with van der Waals surface area (Å²) in [6.45, 7) is 8.64. The van der Waals surface area contributed by atoms with Gasteiger partial charge in [0.1, 0.15) is 6.33 Å². The van der Waals surface area contributed by atoms with E-state index in [1.807, 2.05) is 56.5 Å². The van der Waals surface area contributed by atoms with E-state index in [9.17, 15) is 4.79 Å². The molecule has 0 aliphatic heterocycles. The molecular formula is C16H25Cl2N5O. The molecule has 0 spiro atoms. The maximum absolute atomic E-state index is 12.2. The fourth-order valence-electron chi connectivity index (χ4n) is 2.06. The molecule has 134 valence electrons. The summed E-state index contributed by atoms with van der Waals surface area (Å²) in [5.41, 5.74) is 7.30. The number of carbonyl (C=O) groups is 1. The van der Waals surface area contributed by atoms with E-state index in [1.54, 1.807) is 6.33 Å². The van der Waals surface area contributed by atoms with Crippen molar-refractivity contribution in [2.24, 2.45) is 11.1 Å². The molecule has 6 nitrogen and oxygen atoms in total. The van der Waals surface area contributed by atoms with Gasteiger partial charge in [0.05, 0.1) is 6.04 Å². The summed E-state index contributed by atoms with van der Waals surface area (Å²) in [7, 11) is 0. The largest absolute Gasteiger partial charge is 0.325 e. The van der Waals surface area contributed by atoms with Gasteiger partial charge in [-0.05, 0) is 24.5 Å². The van der Waals surface area contributed by atoms with Gasteiger partial charge in [0.2, 0.25) is 5.91 Å². The van der Waals surface area contributed by atoms with Gasteiger partial charge >= 0.3 is 0 Å². The van der Waals surface area contributed by atoms with Crippen LogP contribution in [0.2, 0.25) is 0 Å². The molecule has 8 heteroatoms. The fourth-order valence-corrected chi connectivity index (χ4v) is 2.06. The Bertz CT molecular complexity index is 666. The quantitative estimate of drug-likeness (QED) is 0.861. The van der Waals surface area contributed by atoms with E-state index in [4.69, 9.17) is 5.73 Å². The molecule has 1 aromatic carbocycles. The van der Waals surface area contributed by atoms with Crippen LogP contribution in [0.15, 0.2) is 30.6 Å². The number of anilines is 1. The average Bonchev–Trinajstić information content (AvgIpc) is 2.94. The second-order valence-electron chi connectivity index (χ2n) is 6.35. The Morgan fingerprint density at radius 1 is 1.33 bits per heavy atom. The van der Waals surface area contributed by atoms with E-state index in [0.29, 0.717) is 5.69 Å². The van der Waals surface area contributed by atoms with Gasteiger partial charge < -0.3 is 15.6 Å². The Morgan fingerprint density at radius 3 is 2.58 bits per heavy atom. The number of benzene rings is 1. The maximum atomic E-state index is 12.2. The molecule has 1 aromatic heterocycles. The molecule has 3 N–H and O–H groups in total. The van der Waals surface area contributed by atoms with Crippen LogP contribution >= 0.6 is 24.8 Å². The summed E-state index contributed by atoms with van der Waals surface area (Å²) in [5.74, 6) is 0.584. The van der Waals surface area contributed by atoms with E-state index in [-0.39, 0.29) is 36.1 Å². The lowest BCUT2D eigenvalue weighted by Gasteiger charge is -2.25. The zero-order chi connectivity index (χ0) is 16.3. The summed E-state index contributed by atoms with van der Waals surface area (Å²) in [6.07, 6.45) is 1.69. The number of amides is 1. The summed E-state index contributed by atoms with van der Waals surface area (Å²) in [5, 5.41) is 10.9. The summed E-state index contributed by atoms with van der Waals surface area (Å²) < 4.78 is 1.95. The van der Waals surface area contributed by atoms with Gasteiger partial charge in [-0.2, -0.15) is 0 Å². The monoisotopic (exact) mass is 373 g/mol. The zero-order valence-electron chi connectivity index (χ0n) is 14.3. The summed E-state index contributed by atoms with van der Waals surface area (Å²) >= 11 is 0. The molecule has 0 saturated carbocycles. The smallest absolute Gasteiger partial charge is 0.241 e. The molecule has 2 rings (SSSR count). The highest BCUT2D eigenvalue weighted by atomic mass is 35.5. The van der Waals surface area contributed by atoms with Gasteiger partial charge in [-0.15, -0.1) is 35.0 Å². The molecule has 1 atom stereocenters. The van der Waals surface area contributed by atoms with E-state index in [2.05, 4.69) is 15.5 Å². The van der Waals surface area contributed by atoms with Crippen LogP contribution in [0.4, 0.5) is 5.69 Å². The van der Waals surface area contributed by atoms with Gasteiger partial charge in [-0.1, -0.05) is 32.9 Å². The van der Waals surface area contributed by atoms with Gasteiger partial charge in [0.25, 0.3) is 0 Å². The SMILES string of the molecule is CCn1cnnc1-c1cccc(NC(=O)[C@@H](N)C(C)(C)C)c1.Cl.Cl. The molecule has 0 aliphatic rings. The number of hydrogen-bond acceptors (Lipinski definition) is 4. The predicted octanol–water partition coefficient (Wildman–Crippen LogP) is 3.12. The van der Waals surface area contributed by atoms with Crippen LogP contribution < -0.4 is 11.1 Å². The van der Waals surface area contributed by atoms with E-state index in [1.165, 1.54) is 0 Å². The van der Waals surface area contributed by atoms with Crippen molar-refractivity contribution < 1.29 is 4.79 Å². The van der Waals surface area contributed by atoms with Gasteiger partial charge in [-0.3, -0.25) is 4.79 Å². The maximum Gasteiger partial charge on any atom is 0.241 e. The number of rotatable bonds is 4. The van der Waals surface area contributed by atoms with Crippen LogP contribution in [-0.4, -0.2) is 26.7 Å². The second kappa shape index (κ2) is 9.01. The van der Waals surface area contributed by atoms with E-state index >= 15 is 0 Å². The topological polar surface area (TPSA) is 85.8 Å². The number of halogens is 2. The number of carbonyl (C=O) groups excluding carboxylic acids is 1. The van der Waals surface area contributed by atoms with Crippen LogP contribution in [0.25, 0.3) is 11.4 Å². The fraction of sp³-hybridized carbons (Fsp3) is 0.438. The second-order valence-corrected chi connectivity index (χ2v) is 6.35. The molecule has 0 aliphatic carbocycles. The van der Waals surface area contributed by atoms with Crippen LogP contribution in [0, 0.1) is 5.41 Å². The Balaban J connectivity index is 0.00000264. The van der Waals surface area contributed by atoms with E-state index in [0.717, 1.165) is 17.9 Å². The third kappa shape index (κ3) is 5.19. The van der Waals surface area contributed by atoms with Crippen LogP contribution in [0.5, 0.6) is 0 Å². The molecular weight excluding hydrogens is 349 g/mol. The number of hydrogen-bond donors (Lipinski definition) is 2. The Hall–Kier alpha value is -1.63. The number of nitrogens with two attached hydrogens (primary N) is 1. The molecule has 1 amide bonds. The first-order valence-electron chi connectivity index (χ1n) is 7.37. The van der Waals surface area contributed by atoms with Crippen molar-refractivity contribution in [1.82, 2.24) is 14.8 Å². The predicted molar refractivity (Wildman–Crippen MR) is 102 cm³/mol. The highest BCUT2D eigenvalue weighted by Crippen LogP contribution is 2.22. The molecule has 1 heterocycles. The Morgan fingerprint density at radius 2 is 2.00 bits per heavy atom. The molecule has 2 aromatic rings. The number of aromatic nitrogens is 3. The van der Waals surface area contributed by atoms with Crippen molar-refractivity contribution in [3.8, 4) is 11.4 Å². The third-order valence-corrected chi connectivity index (χ3v) is 3.56. The molecule has 24 heavy (non-hydrogen) atoms. The molecule has 0 saturated heterocycles. The first-order chi connectivity index (χ1) is 10.3. The third-order valence-electron chi connectivity index (χ3n) is 3.56. The first-order valence-corrected chi connectivity index (χ1v) is 7.37. The molecule has 0 radical (unpaired) electrons. The van der Waals surface area contributed by atoms with Crippen molar-refractivity contribution in [2.45, 2.75) is 40.3 Å². The minimum atomic E-state index is -0.574. The highest BCUT2D eigenvalue weighted by molar-refractivity contribution is 5.95. The number of nitrogens with zero attached hydrogens (tertiary/aromatic N) is 3. The van der Waals surface area contributed by atoms with Gasteiger partial charge in [0, 0.05) is 17.8 Å². The van der Waals surface area contributed by atoms with Crippen molar-refractivity contribution in [1.29, 1.82) is 0 Å². The Labute approximate surface area is 155 Å². The number of aryl methyl sites for hydroxylation is 1. The van der Waals surface area contributed by atoms with Gasteiger partial charge in [0.15, 0.2) is 5.82 Å². The van der Waals surface area contributed by atoms with Crippen molar-refractivity contribution in [3.05, 3.63) is 30.6 Å². The minimum Gasteiger partial charge on any atom is -0.325 e. The first kappa shape index (κ1) is 22.4.